The van der Waals surface area contributed by atoms with Crippen LogP contribution in [0.15, 0.2) is 46.6 Å². The normalized spacial score (nSPS) is 18.1. The van der Waals surface area contributed by atoms with Crippen molar-refractivity contribution in [1.82, 2.24) is 9.80 Å². The third kappa shape index (κ3) is 13.0. The van der Waals surface area contributed by atoms with Crippen molar-refractivity contribution in [1.29, 1.82) is 0 Å². The van der Waals surface area contributed by atoms with Crippen LogP contribution in [-0.2, 0) is 4.79 Å². The Bertz CT molecular complexity index is 690. The summed E-state index contributed by atoms with van der Waals surface area (Å²) in [6.07, 6.45) is 19.1. The van der Waals surface area contributed by atoms with Crippen molar-refractivity contribution in [2.24, 2.45) is 0 Å². The molecule has 0 aliphatic carbocycles. The Morgan fingerprint density at radius 2 is 1.36 bits per heavy atom. The van der Waals surface area contributed by atoms with Crippen LogP contribution in [0.5, 0.6) is 0 Å². The van der Waals surface area contributed by atoms with E-state index in [0.29, 0.717) is 6.04 Å². The molecule has 0 N–H and O–H groups in total. The second kappa shape index (κ2) is 16.9. The summed E-state index contributed by atoms with van der Waals surface area (Å²) in [6, 6.07) is 0.371. The fourth-order valence-corrected chi connectivity index (χ4v) is 4.51. The lowest BCUT2D eigenvalue weighted by molar-refractivity contribution is -0.130. The average molecular weight is 457 g/mol. The molecule has 1 aliphatic rings. The molecule has 0 aromatic carbocycles. The molecule has 1 unspecified atom stereocenters. The standard InChI is InChI=1S/C30H52N2O/c1-8-31(9-2)24-29-21-10-11-22-32(29)30(33)23-28(7)20-14-19-27(6)18-13-17-26(5)16-12-15-25(3)4/h15,17,19,23,29H,8-14,16,18,20-22,24H2,1-7H3. The number of allylic oxidation sites excluding steroid dienone is 7. The van der Waals surface area contributed by atoms with E-state index >= 15 is 0 Å². The molecule has 0 aromatic heterocycles. The minimum absolute atomic E-state index is 0.221. The molecule has 1 aliphatic heterocycles. The van der Waals surface area contributed by atoms with Gasteiger partial charge in [-0.2, -0.15) is 0 Å². The molecule has 1 fully saturated rings. The van der Waals surface area contributed by atoms with Crippen LogP contribution in [0.2, 0.25) is 0 Å². The Morgan fingerprint density at radius 1 is 0.818 bits per heavy atom. The van der Waals surface area contributed by atoms with E-state index in [1.54, 1.807) is 0 Å². The van der Waals surface area contributed by atoms with Gasteiger partial charge in [0.15, 0.2) is 0 Å². The first kappa shape index (κ1) is 29.4. The van der Waals surface area contributed by atoms with Gasteiger partial charge >= 0.3 is 0 Å². The Morgan fingerprint density at radius 3 is 1.91 bits per heavy atom. The summed E-state index contributed by atoms with van der Waals surface area (Å²) in [6.45, 7) is 19.4. The van der Waals surface area contributed by atoms with Crippen LogP contribution in [0.1, 0.15) is 106 Å². The number of likely N-dealkylation sites (tertiary alicyclic amines) is 1. The van der Waals surface area contributed by atoms with Crippen molar-refractivity contribution < 1.29 is 4.79 Å². The lowest BCUT2D eigenvalue weighted by atomic mass is 10.0. The van der Waals surface area contributed by atoms with Crippen molar-refractivity contribution in [2.75, 3.05) is 26.2 Å². The van der Waals surface area contributed by atoms with E-state index in [4.69, 9.17) is 0 Å². The second-order valence-corrected chi connectivity index (χ2v) is 10.2. The van der Waals surface area contributed by atoms with Gasteiger partial charge in [-0.15, -0.1) is 0 Å². The Kier molecular flexibility index (Phi) is 15.1. The van der Waals surface area contributed by atoms with Crippen LogP contribution < -0.4 is 0 Å². The molecule has 0 radical (unpaired) electrons. The zero-order chi connectivity index (χ0) is 24.6. The Hall–Kier alpha value is -1.61. The maximum Gasteiger partial charge on any atom is 0.246 e. The third-order valence-corrected chi connectivity index (χ3v) is 6.80. The van der Waals surface area contributed by atoms with Crippen LogP contribution in [-0.4, -0.2) is 47.9 Å². The average Bonchev–Trinajstić information content (AvgIpc) is 2.77. The van der Waals surface area contributed by atoms with E-state index in [2.05, 4.69) is 76.5 Å². The first-order chi connectivity index (χ1) is 15.8. The monoisotopic (exact) mass is 456 g/mol. The quantitative estimate of drug-likeness (QED) is 0.196. The number of carbonyl (C=O) groups is 1. The number of nitrogens with zero attached hydrogens (tertiary/aromatic N) is 2. The van der Waals surface area contributed by atoms with E-state index in [1.165, 1.54) is 35.1 Å². The zero-order valence-electron chi connectivity index (χ0n) is 22.9. The van der Waals surface area contributed by atoms with E-state index in [1.807, 2.05) is 6.08 Å². The Labute approximate surface area is 205 Å². The molecule has 3 nitrogen and oxygen atoms in total. The third-order valence-electron chi connectivity index (χ3n) is 6.80. The van der Waals surface area contributed by atoms with Crippen molar-refractivity contribution in [3.63, 3.8) is 0 Å². The summed E-state index contributed by atoms with van der Waals surface area (Å²) in [7, 11) is 0. The molecule has 1 heterocycles. The Balaban J connectivity index is 2.46. The number of hydrogen-bond donors (Lipinski definition) is 0. The van der Waals surface area contributed by atoms with Crippen LogP contribution in [0, 0.1) is 0 Å². The number of likely N-dealkylation sites (N-methyl/N-ethyl adjacent to an activating group) is 1. The van der Waals surface area contributed by atoms with Crippen molar-refractivity contribution in [3.05, 3.63) is 46.6 Å². The van der Waals surface area contributed by atoms with Gasteiger partial charge in [0.1, 0.15) is 0 Å². The molecule has 33 heavy (non-hydrogen) atoms. The van der Waals surface area contributed by atoms with Gasteiger partial charge in [-0.25, -0.2) is 0 Å². The van der Waals surface area contributed by atoms with Gasteiger partial charge in [-0.1, -0.05) is 54.4 Å². The molecule has 1 amide bonds. The molecule has 0 aromatic rings. The van der Waals surface area contributed by atoms with Crippen molar-refractivity contribution in [2.45, 2.75) is 112 Å². The fraction of sp³-hybridized carbons (Fsp3) is 0.700. The number of carbonyl (C=O) groups excluding carboxylic acids is 1. The van der Waals surface area contributed by atoms with Crippen LogP contribution in [0.25, 0.3) is 0 Å². The van der Waals surface area contributed by atoms with E-state index in [0.717, 1.165) is 71.1 Å². The first-order valence-electron chi connectivity index (χ1n) is 13.4. The lowest BCUT2D eigenvalue weighted by Crippen LogP contribution is -2.49. The summed E-state index contributed by atoms with van der Waals surface area (Å²) in [5.41, 5.74) is 5.56. The highest BCUT2D eigenvalue weighted by Gasteiger charge is 2.26. The van der Waals surface area contributed by atoms with Gasteiger partial charge in [0.05, 0.1) is 0 Å². The van der Waals surface area contributed by atoms with Gasteiger partial charge in [-0.3, -0.25) is 4.79 Å². The lowest BCUT2D eigenvalue weighted by Gasteiger charge is -2.38. The van der Waals surface area contributed by atoms with E-state index < -0.39 is 0 Å². The summed E-state index contributed by atoms with van der Waals surface area (Å²) in [5, 5.41) is 0. The molecule has 1 saturated heterocycles. The number of piperidine rings is 1. The molecule has 0 spiro atoms. The molecule has 0 saturated carbocycles. The summed E-state index contributed by atoms with van der Waals surface area (Å²) in [4.78, 5) is 17.6. The van der Waals surface area contributed by atoms with E-state index in [9.17, 15) is 4.79 Å². The van der Waals surface area contributed by atoms with Crippen molar-refractivity contribution >= 4 is 5.91 Å². The second-order valence-electron chi connectivity index (χ2n) is 10.2. The molecule has 188 valence electrons. The summed E-state index contributed by atoms with van der Waals surface area (Å²) < 4.78 is 0. The number of amides is 1. The largest absolute Gasteiger partial charge is 0.335 e. The molecule has 3 heteroatoms. The molecule has 1 rings (SSSR count). The van der Waals surface area contributed by atoms with E-state index in [-0.39, 0.29) is 5.91 Å². The number of hydrogen-bond acceptors (Lipinski definition) is 2. The first-order valence-corrected chi connectivity index (χ1v) is 13.4. The highest BCUT2D eigenvalue weighted by atomic mass is 16.2. The van der Waals surface area contributed by atoms with Crippen LogP contribution in [0.3, 0.4) is 0 Å². The predicted octanol–water partition coefficient (Wildman–Crippen LogP) is 7.86. The van der Waals surface area contributed by atoms with Gasteiger partial charge in [0.25, 0.3) is 0 Å². The minimum atomic E-state index is 0.221. The minimum Gasteiger partial charge on any atom is -0.335 e. The van der Waals surface area contributed by atoms with Gasteiger partial charge < -0.3 is 9.80 Å². The van der Waals surface area contributed by atoms with Gasteiger partial charge in [0, 0.05) is 25.2 Å². The van der Waals surface area contributed by atoms with Gasteiger partial charge in [-0.05, 0) is 105 Å². The summed E-state index contributed by atoms with van der Waals surface area (Å²) >= 11 is 0. The smallest absolute Gasteiger partial charge is 0.246 e. The highest BCUT2D eigenvalue weighted by molar-refractivity contribution is 5.88. The highest BCUT2D eigenvalue weighted by Crippen LogP contribution is 2.20. The maximum atomic E-state index is 13.0. The van der Waals surface area contributed by atoms with Crippen LogP contribution >= 0.6 is 0 Å². The SMILES string of the molecule is CCN(CC)CC1CCCCN1C(=O)C=C(C)CCC=C(C)CCC=C(C)CCC=C(C)C. The number of rotatable bonds is 14. The maximum absolute atomic E-state index is 13.0. The van der Waals surface area contributed by atoms with Crippen LogP contribution in [0.4, 0.5) is 0 Å². The molecular formula is C30H52N2O. The molecule has 1 atom stereocenters. The topological polar surface area (TPSA) is 23.6 Å². The zero-order valence-corrected chi connectivity index (χ0v) is 22.9. The van der Waals surface area contributed by atoms with Gasteiger partial charge in [0.2, 0.25) is 5.91 Å². The fourth-order valence-electron chi connectivity index (χ4n) is 4.51. The molecular weight excluding hydrogens is 404 g/mol. The summed E-state index contributed by atoms with van der Waals surface area (Å²) in [5.74, 6) is 0.221. The molecule has 0 bridgehead atoms. The predicted molar refractivity (Wildman–Crippen MR) is 146 cm³/mol. The van der Waals surface area contributed by atoms with Crippen molar-refractivity contribution in [3.8, 4) is 0 Å².